The van der Waals surface area contributed by atoms with Gasteiger partial charge in [-0.25, -0.2) is 0 Å². The smallest absolute Gasteiger partial charge is 0.311 e. The molecule has 2 nitrogen and oxygen atoms in total. The molecule has 0 saturated heterocycles. The van der Waals surface area contributed by atoms with Crippen molar-refractivity contribution in [1.29, 1.82) is 0 Å². The lowest BCUT2D eigenvalue weighted by atomic mass is 9.77. The van der Waals surface area contributed by atoms with E-state index >= 15 is 0 Å². The Hall–Kier alpha value is -0.730. The van der Waals surface area contributed by atoms with Gasteiger partial charge in [0.05, 0.1) is 16.0 Å². The molecular formula is C14H16Cl2O2. The molecule has 1 aliphatic rings. The molecule has 98 valence electrons. The summed E-state index contributed by atoms with van der Waals surface area (Å²) in [6.45, 7) is 0. The molecule has 0 aromatic heterocycles. The Labute approximate surface area is 117 Å². The quantitative estimate of drug-likeness (QED) is 0.871. The van der Waals surface area contributed by atoms with Crippen LogP contribution in [0.3, 0.4) is 0 Å². The molecular weight excluding hydrogens is 271 g/mol. The maximum absolute atomic E-state index is 11.5. The zero-order valence-corrected chi connectivity index (χ0v) is 11.5. The number of hydrogen-bond donors (Lipinski definition) is 1. The Bertz CT molecular complexity index is 439. The zero-order valence-electron chi connectivity index (χ0n) is 10.0. The van der Waals surface area contributed by atoms with Gasteiger partial charge < -0.3 is 5.11 Å². The van der Waals surface area contributed by atoms with Gasteiger partial charge in [0.15, 0.2) is 0 Å². The topological polar surface area (TPSA) is 37.3 Å². The summed E-state index contributed by atoms with van der Waals surface area (Å²) in [4.78, 5) is 11.5. The summed E-state index contributed by atoms with van der Waals surface area (Å²) in [6, 6.07) is 5.15. The normalized spacial score (nSPS) is 18.6. The highest BCUT2D eigenvalue weighted by atomic mass is 35.5. The van der Waals surface area contributed by atoms with Gasteiger partial charge in [0, 0.05) is 0 Å². The number of halogens is 2. The van der Waals surface area contributed by atoms with E-state index < -0.39 is 11.9 Å². The van der Waals surface area contributed by atoms with Crippen molar-refractivity contribution in [2.75, 3.05) is 0 Å². The van der Waals surface area contributed by atoms with Crippen LogP contribution in [0.1, 0.15) is 43.6 Å². The molecule has 2 rings (SSSR count). The molecule has 0 amide bonds. The maximum atomic E-state index is 11.5. The maximum Gasteiger partial charge on any atom is 0.311 e. The van der Waals surface area contributed by atoms with Crippen molar-refractivity contribution < 1.29 is 9.90 Å². The molecule has 1 N–H and O–H groups in total. The number of benzene rings is 1. The van der Waals surface area contributed by atoms with Crippen molar-refractivity contribution in [3.63, 3.8) is 0 Å². The molecule has 0 bridgehead atoms. The molecule has 0 radical (unpaired) electrons. The second-order valence-electron chi connectivity index (χ2n) is 4.89. The highest BCUT2D eigenvalue weighted by Gasteiger charge is 2.31. The third-order valence-electron chi connectivity index (χ3n) is 3.69. The Morgan fingerprint density at radius 2 is 1.83 bits per heavy atom. The first-order valence-electron chi connectivity index (χ1n) is 6.27. The standard InChI is InChI=1S/C14H16Cl2O2/c15-11-7-6-10(8-12(11)16)13(14(17)18)9-4-2-1-3-5-9/h6-9,13H,1-5H2,(H,17,18). The van der Waals surface area contributed by atoms with E-state index in [1.165, 1.54) is 6.42 Å². The van der Waals surface area contributed by atoms with Crippen molar-refractivity contribution in [3.05, 3.63) is 33.8 Å². The second-order valence-corrected chi connectivity index (χ2v) is 5.70. The van der Waals surface area contributed by atoms with Crippen LogP contribution in [0.2, 0.25) is 10.0 Å². The summed E-state index contributed by atoms with van der Waals surface area (Å²) in [5, 5.41) is 10.4. The van der Waals surface area contributed by atoms with E-state index in [9.17, 15) is 9.90 Å². The van der Waals surface area contributed by atoms with Crippen LogP contribution in [0.25, 0.3) is 0 Å². The molecule has 1 aromatic rings. The van der Waals surface area contributed by atoms with Crippen molar-refractivity contribution >= 4 is 29.2 Å². The SMILES string of the molecule is O=C(O)C(c1ccc(Cl)c(Cl)c1)C1CCCCC1. The first-order valence-corrected chi connectivity index (χ1v) is 7.03. The van der Waals surface area contributed by atoms with Gasteiger partial charge in [-0.05, 0) is 36.5 Å². The molecule has 1 fully saturated rings. The van der Waals surface area contributed by atoms with Crippen LogP contribution in [0.5, 0.6) is 0 Å². The molecule has 0 heterocycles. The molecule has 4 heteroatoms. The number of carbonyl (C=O) groups is 1. The largest absolute Gasteiger partial charge is 0.481 e. The summed E-state index contributed by atoms with van der Waals surface area (Å²) in [6.07, 6.45) is 5.42. The Kier molecular flexibility index (Phi) is 4.52. The molecule has 1 atom stereocenters. The minimum atomic E-state index is -0.764. The van der Waals surface area contributed by atoms with Crippen molar-refractivity contribution in [2.24, 2.45) is 5.92 Å². The molecule has 0 aliphatic heterocycles. The Morgan fingerprint density at radius 1 is 1.17 bits per heavy atom. The van der Waals surface area contributed by atoms with Crippen LogP contribution < -0.4 is 0 Å². The first kappa shape index (κ1) is 13.7. The average molecular weight is 287 g/mol. The van der Waals surface area contributed by atoms with Crippen LogP contribution in [0, 0.1) is 5.92 Å². The monoisotopic (exact) mass is 286 g/mol. The van der Waals surface area contributed by atoms with Crippen LogP contribution in [-0.2, 0) is 4.79 Å². The van der Waals surface area contributed by atoms with E-state index in [0.29, 0.717) is 10.0 Å². The number of hydrogen-bond acceptors (Lipinski definition) is 1. The Balaban J connectivity index is 2.28. The van der Waals surface area contributed by atoms with Gasteiger partial charge in [-0.2, -0.15) is 0 Å². The third-order valence-corrected chi connectivity index (χ3v) is 4.43. The summed E-state index contributed by atoms with van der Waals surface area (Å²) in [5.74, 6) is -1.01. The Morgan fingerprint density at radius 3 is 2.39 bits per heavy atom. The van der Waals surface area contributed by atoms with Gasteiger partial charge in [-0.15, -0.1) is 0 Å². The molecule has 1 aromatic carbocycles. The van der Waals surface area contributed by atoms with Gasteiger partial charge in [-0.1, -0.05) is 48.5 Å². The van der Waals surface area contributed by atoms with Crippen molar-refractivity contribution in [2.45, 2.75) is 38.0 Å². The lowest BCUT2D eigenvalue weighted by Gasteiger charge is -2.27. The van der Waals surface area contributed by atoms with Gasteiger partial charge in [-0.3, -0.25) is 4.79 Å². The number of aliphatic carboxylic acids is 1. The van der Waals surface area contributed by atoms with E-state index in [2.05, 4.69) is 0 Å². The van der Waals surface area contributed by atoms with Gasteiger partial charge in [0.1, 0.15) is 0 Å². The fourth-order valence-corrected chi connectivity index (χ4v) is 3.10. The van der Waals surface area contributed by atoms with Gasteiger partial charge in [0.25, 0.3) is 0 Å². The predicted molar refractivity (Wildman–Crippen MR) is 73.4 cm³/mol. The number of carboxylic acid groups (broad SMARTS) is 1. The average Bonchev–Trinajstić information content (AvgIpc) is 2.35. The van der Waals surface area contributed by atoms with E-state index in [0.717, 1.165) is 31.2 Å². The highest BCUT2D eigenvalue weighted by molar-refractivity contribution is 6.42. The van der Waals surface area contributed by atoms with E-state index in [4.69, 9.17) is 23.2 Å². The fourth-order valence-electron chi connectivity index (χ4n) is 2.79. The van der Waals surface area contributed by atoms with E-state index in [1.807, 2.05) is 0 Å². The van der Waals surface area contributed by atoms with E-state index in [1.54, 1.807) is 18.2 Å². The van der Waals surface area contributed by atoms with Crippen molar-refractivity contribution in [1.82, 2.24) is 0 Å². The number of rotatable bonds is 3. The minimum Gasteiger partial charge on any atom is -0.481 e. The van der Waals surface area contributed by atoms with E-state index in [-0.39, 0.29) is 5.92 Å². The molecule has 0 spiro atoms. The van der Waals surface area contributed by atoms with Crippen LogP contribution >= 0.6 is 23.2 Å². The second kappa shape index (κ2) is 5.94. The summed E-state index contributed by atoms with van der Waals surface area (Å²) < 4.78 is 0. The molecule has 18 heavy (non-hydrogen) atoms. The highest BCUT2D eigenvalue weighted by Crippen LogP contribution is 2.37. The number of carboxylic acids is 1. The lowest BCUT2D eigenvalue weighted by molar-refractivity contribution is -0.140. The third kappa shape index (κ3) is 2.99. The zero-order chi connectivity index (χ0) is 13.1. The minimum absolute atomic E-state index is 0.216. The fraction of sp³-hybridized carbons (Fsp3) is 0.500. The predicted octanol–water partition coefficient (Wildman–Crippen LogP) is 4.74. The molecule has 1 saturated carbocycles. The lowest BCUT2D eigenvalue weighted by Crippen LogP contribution is -2.23. The van der Waals surface area contributed by atoms with Crippen LogP contribution in [-0.4, -0.2) is 11.1 Å². The molecule has 1 unspecified atom stereocenters. The van der Waals surface area contributed by atoms with Gasteiger partial charge >= 0.3 is 5.97 Å². The molecule has 1 aliphatic carbocycles. The summed E-state index contributed by atoms with van der Waals surface area (Å²) >= 11 is 11.8. The first-order chi connectivity index (χ1) is 8.59. The van der Waals surface area contributed by atoms with Crippen molar-refractivity contribution in [3.8, 4) is 0 Å². The van der Waals surface area contributed by atoms with Crippen LogP contribution in [0.15, 0.2) is 18.2 Å². The summed E-state index contributed by atoms with van der Waals surface area (Å²) in [7, 11) is 0. The van der Waals surface area contributed by atoms with Gasteiger partial charge in [0.2, 0.25) is 0 Å². The van der Waals surface area contributed by atoms with Crippen LogP contribution in [0.4, 0.5) is 0 Å². The summed E-state index contributed by atoms with van der Waals surface area (Å²) in [5.41, 5.74) is 0.767.